The van der Waals surface area contributed by atoms with Crippen LogP contribution in [0.5, 0.6) is 0 Å². The molecule has 0 N–H and O–H groups in total. The largest absolute Gasteiger partial charge is 0.384 e. The molecule has 0 saturated carbocycles. The molecule has 0 aliphatic heterocycles. The predicted octanol–water partition coefficient (Wildman–Crippen LogP) is 2.03. The molecule has 0 fully saturated rings. The molecule has 0 unspecified atom stereocenters. The van der Waals surface area contributed by atoms with Crippen LogP contribution in [-0.4, -0.2) is 19.5 Å². The highest BCUT2D eigenvalue weighted by atomic mass is 16.5. The van der Waals surface area contributed by atoms with Crippen molar-refractivity contribution < 1.29 is 9.53 Å². The second kappa shape index (κ2) is 6.35. The van der Waals surface area contributed by atoms with E-state index in [1.54, 1.807) is 7.11 Å². The summed E-state index contributed by atoms with van der Waals surface area (Å²) < 4.78 is 4.80. The lowest BCUT2D eigenvalue weighted by Crippen LogP contribution is -2.03. The van der Waals surface area contributed by atoms with Gasteiger partial charge in [-0.2, -0.15) is 0 Å². The van der Waals surface area contributed by atoms with Crippen molar-refractivity contribution >= 4 is 5.78 Å². The van der Waals surface area contributed by atoms with Crippen molar-refractivity contribution in [3.8, 4) is 0 Å². The Labute approximate surface area is 68.9 Å². The molecule has 0 aromatic rings. The summed E-state index contributed by atoms with van der Waals surface area (Å²) in [4.78, 5) is 11.0. The maximum atomic E-state index is 11.0. The Bertz CT molecular complexity index is 108. The monoisotopic (exact) mass is 158 g/mol. The van der Waals surface area contributed by atoms with Crippen molar-refractivity contribution in [1.29, 1.82) is 0 Å². The summed E-state index contributed by atoms with van der Waals surface area (Å²) in [5, 5.41) is 0. The molecule has 0 aliphatic rings. The lowest BCUT2D eigenvalue weighted by Gasteiger charge is -2.02. The number of carbonyl (C=O) groups excluding carboxylic acids is 1. The Hall–Kier alpha value is -0.370. The maximum absolute atomic E-state index is 11.0. The van der Waals surface area contributed by atoms with Crippen molar-refractivity contribution in [2.24, 2.45) is 5.92 Å². The van der Waals surface area contributed by atoms with Gasteiger partial charge in [0.05, 0.1) is 6.61 Å². The molecule has 0 spiro atoms. The summed E-state index contributed by atoms with van der Waals surface area (Å²) in [5.41, 5.74) is 0. The Morgan fingerprint density at radius 1 is 1.36 bits per heavy atom. The van der Waals surface area contributed by atoms with Crippen molar-refractivity contribution in [3.63, 3.8) is 0 Å². The number of ketones is 1. The first-order valence-electron chi connectivity index (χ1n) is 4.17. The predicted molar refractivity (Wildman–Crippen MR) is 45.6 cm³/mol. The first-order valence-corrected chi connectivity index (χ1v) is 4.17. The lowest BCUT2D eigenvalue weighted by molar-refractivity contribution is -0.120. The Morgan fingerprint density at radius 2 is 2.00 bits per heavy atom. The zero-order valence-corrected chi connectivity index (χ0v) is 7.72. The summed E-state index contributed by atoms with van der Waals surface area (Å²) in [6, 6.07) is 0. The third-order valence-electron chi connectivity index (χ3n) is 1.59. The molecule has 2 heteroatoms. The Morgan fingerprint density at radius 3 is 2.45 bits per heavy atom. The summed E-state index contributed by atoms with van der Waals surface area (Å²) in [6.07, 6.45) is 2.28. The number of hydrogen-bond donors (Lipinski definition) is 0. The standard InChI is InChI=1S/C9H18O2/c1-8(2)4-5-9(10)6-7-11-3/h8H,4-7H2,1-3H3. The summed E-state index contributed by atoms with van der Waals surface area (Å²) in [7, 11) is 1.62. The summed E-state index contributed by atoms with van der Waals surface area (Å²) >= 11 is 0. The van der Waals surface area contributed by atoms with Gasteiger partial charge in [0.15, 0.2) is 0 Å². The molecule has 66 valence electrons. The summed E-state index contributed by atoms with van der Waals surface area (Å²) in [5.74, 6) is 0.946. The number of Topliss-reactive ketones (excluding diaryl/α,β-unsaturated/α-hetero) is 1. The average molecular weight is 158 g/mol. The van der Waals surface area contributed by atoms with Gasteiger partial charge >= 0.3 is 0 Å². The van der Waals surface area contributed by atoms with Gasteiger partial charge in [0.2, 0.25) is 0 Å². The number of carbonyl (C=O) groups is 1. The van der Waals surface area contributed by atoms with Crippen molar-refractivity contribution in [2.75, 3.05) is 13.7 Å². The van der Waals surface area contributed by atoms with Gasteiger partial charge in [-0.25, -0.2) is 0 Å². The molecule has 0 aromatic heterocycles. The van der Waals surface area contributed by atoms with Crippen LogP contribution in [0, 0.1) is 5.92 Å². The van der Waals surface area contributed by atoms with Crippen LogP contribution in [0.2, 0.25) is 0 Å². The molecule has 0 aromatic carbocycles. The van der Waals surface area contributed by atoms with E-state index in [2.05, 4.69) is 13.8 Å². The highest BCUT2D eigenvalue weighted by Gasteiger charge is 2.02. The fourth-order valence-electron chi connectivity index (χ4n) is 0.791. The Balaban J connectivity index is 3.23. The van der Waals surface area contributed by atoms with E-state index in [0.29, 0.717) is 31.1 Å². The fourth-order valence-corrected chi connectivity index (χ4v) is 0.791. The molecule has 2 nitrogen and oxygen atoms in total. The number of hydrogen-bond acceptors (Lipinski definition) is 2. The third kappa shape index (κ3) is 7.53. The molecule has 0 aliphatic carbocycles. The van der Waals surface area contributed by atoms with Gasteiger partial charge in [0, 0.05) is 20.0 Å². The van der Waals surface area contributed by atoms with E-state index in [4.69, 9.17) is 4.74 Å². The van der Waals surface area contributed by atoms with Gasteiger partial charge in [-0.05, 0) is 12.3 Å². The highest BCUT2D eigenvalue weighted by Crippen LogP contribution is 2.05. The smallest absolute Gasteiger partial charge is 0.135 e. The highest BCUT2D eigenvalue weighted by molar-refractivity contribution is 5.78. The molecule has 0 heterocycles. The molecular weight excluding hydrogens is 140 g/mol. The van der Waals surface area contributed by atoms with Crippen LogP contribution in [0.1, 0.15) is 33.1 Å². The van der Waals surface area contributed by atoms with Crippen LogP contribution in [0.3, 0.4) is 0 Å². The zero-order valence-electron chi connectivity index (χ0n) is 7.72. The molecule has 0 bridgehead atoms. The van der Waals surface area contributed by atoms with Crippen molar-refractivity contribution in [2.45, 2.75) is 33.1 Å². The SMILES string of the molecule is COCCC(=O)CCC(C)C. The van der Waals surface area contributed by atoms with Crippen LogP contribution < -0.4 is 0 Å². The van der Waals surface area contributed by atoms with Crippen molar-refractivity contribution in [3.05, 3.63) is 0 Å². The van der Waals surface area contributed by atoms with Crippen LogP contribution in [-0.2, 0) is 9.53 Å². The van der Waals surface area contributed by atoms with E-state index >= 15 is 0 Å². The molecule has 0 saturated heterocycles. The average Bonchev–Trinajstić information content (AvgIpc) is 1.97. The van der Waals surface area contributed by atoms with Gasteiger partial charge in [-0.3, -0.25) is 4.79 Å². The van der Waals surface area contributed by atoms with Crippen LogP contribution in [0.15, 0.2) is 0 Å². The van der Waals surface area contributed by atoms with Gasteiger partial charge in [-0.1, -0.05) is 13.8 Å². The normalized spacial score (nSPS) is 10.5. The first-order chi connectivity index (χ1) is 5.16. The van der Waals surface area contributed by atoms with E-state index in [1.807, 2.05) is 0 Å². The minimum atomic E-state index is 0.320. The first kappa shape index (κ1) is 10.6. The van der Waals surface area contributed by atoms with E-state index in [9.17, 15) is 4.79 Å². The molecule has 0 amide bonds. The van der Waals surface area contributed by atoms with Crippen LogP contribution in [0.25, 0.3) is 0 Å². The number of rotatable bonds is 6. The molecule has 11 heavy (non-hydrogen) atoms. The minimum absolute atomic E-state index is 0.320. The lowest BCUT2D eigenvalue weighted by atomic mass is 10.0. The fraction of sp³-hybridized carbons (Fsp3) is 0.889. The third-order valence-corrected chi connectivity index (χ3v) is 1.59. The molecule has 0 rings (SSSR count). The van der Waals surface area contributed by atoms with Gasteiger partial charge in [0.25, 0.3) is 0 Å². The van der Waals surface area contributed by atoms with Gasteiger partial charge in [0.1, 0.15) is 5.78 Å². The second-order valence-electron chi connectivity index (χ2n) is 3.21. The number of methoxy groups -OCH3 is 1. The zero-order chi connectivity index (χ0) is 8.69. The minimum Gasteiger partial charge on any atom is -0.384 e. The van der Waals surface area contributed by atoms with E-state index in [-0.39, 0.29) is 0 Å². The van der Waals surface area contributed by atoms with Gasteiger partial charge in [-0.15, -0.1) is 0 Å². The van der Waals surface area contributed by atoms with Crippen LogP contribution in [0.4, 0.5) is 0 Å². The molecule has 0 radical (unpaired) electrons. The van der Waals surface area contributed by atoms with E-state index < -0.39 is 0 Å². The topological polar surface area (TPSA) is 26.3 Å². The van der Waals surface area contributed by atoms with E-state index in [1.165, 1.54) is 0 Å². The quantitative estimate of drug-likeness (QED) is 0.591. The summed E-state index contributed by atoms with van der Waals surface area (Å²) in [6.45, 7) is 4.82. The second-order valence-corrected chi connectivity index (χ2v) is 3.21. The van der Waals surface area contributed by atoms with Crippen LogP contribution >= 0.6 is 0 Å². The maximum Gasteiger partial charge on any atom is 0.135 e. The molecular formula is C9H18O2. The number of ether oxygens (including phenoxy) is 1. The molecule has 0 atom stereocenters. The van der Waals surface area contributed by atoms with Crippen molar-refractivity contribution in [1.82, 2.24) is 0 Å². The Kier molecular flexibility index (Phi) is 6.13. The van der Waals surface area contributed by atoms with Gasteiger partial charge < -0.3 is 4.74 Å². The van der Waals surface area contributed by atoms with E-state index in [0.717, 1.165) is 6.42 Å².